The fourth-order valence-corrected chi connectivity index (χ4v) is 2.79. The topological polar surface area (TPSA) is 72.7 Å². The maximum absolute atomic E-state index is 11.9. The van der Waals surface area contributed by atoms with E-state index in [0.717, 1.165) is 23.9 Å². The average Bonchev–Trinajstić information content (AvgIpc) is 2.89. The number of aryl methyl sites for hydroxylation is 1. The number of pyridine rings is 1. The Kier molecular flexibility index (Phi) is 5.58. The Hall–Kier alpha value is -1.60. The molecule has 0 atom stereocenters. The van der Waals surface area contributed by atoms with Crippen molar-refractivity contribution in [2.75, 3.05) is 11.1 Å². The lowest BCUT2D eigenvalue weighted by Gasteiger charge is -2.07. The summed E-state index contributed by atoms with van der Waals surface area (Å²) in [5.74, 6) is 1.02. The van der Waals surface area contributed by atoms with Gasteiger partial charge in [-0.25, -0.2) is 4.98 Å². The van der Waals surface area contributed by atoms with Crippen LogP contribution in [0.15, 0.2) is 23.5 Å². The van der Waals surface area contributed by atoms with Crippen LogP contribution in [0.25, 0.3) is 0 Å². The van der Waals surface area contributed by atoms with Crippen molar-refractivity contribution in [3.8, 4) is 0 Å². The molecular formula is C13H16ClN5OS. The highest BCUT2D eigenvalue weighted by Crippen LogP contribution is 2.20. The molecule has 6 nitrogen and oxygen atoms in total. The molecule has 2 aromatic rings. The van der Waals surface area contributed by atoms with E-state index < -0.39 is 0 Å². The molecule has 0 unspecified atom stereocenters. The zero-order valence-corrected chi connectivity index (χ0v) is 13.4. The minimum absolute atomic E-state index is 0.154. The largest absolute Gasteiger partial charge is 0.323 e. The number of carbonyl (C=O) groups excluding carboxylic acids is 1. The van der Waals surface area contributed by atoms with E-state index in [2.05, 4.69) is 20.5 Å². The second-order valence-corrected chi connectivity index (χ2v) is 5.48. The van der Waals surface area contributed by atoms with Gasteiger partial charge in [0.15, 0.2) is 10.3 Å². The third kappa shape index (κ3) is 3.95. The molecule has 0 saturated heterocycles. The van der Waals surface area contributed by atoms with Crippen molar-refractivity contribution >= 4 is 35.0 Å². The maximum Gasteiger partial charge on any atom is 0.234 e. The molecule has 0 aliphatic carbocycles. The number of amides is 1. The summed E-state index contributed by atoms with van der Waals surface area (Å²) >= 11 is 7.25. The van der Waals surface area contributed by atoms with Gasteiger partial charge in [-0.15, -0.1) is 10.2 Å². The predicted octanol–water partition coefficient (Wildman–Crippen LogP) is 2.64. The zero-order valence-electron chi connectivity index (χ0n) is 11.8. The molecule has 1 amide bonds. The maximum atomic E-state index is 11.9. The van der Waals surface area contributed by atoms with Gasteiger partial charge >= 0.3 is 0 Å². The Morgan fingerprint density at radius 3 is 2.90 bits per heavy atom. The van der Waals surface area contributed by atoms with Crippen LogP contribution in [0.5, 0.6) is 0 Å². The van der Waals surface area contributed by atoms with Gasteiger partial charge in [0.1, 0.15) is 5.82 Å². The van der Waals surface area contributed by atoms with Crippen molar-refractivity contribution in [1.29, 1.82) is 0 Å². The number of anilines is 1. The Morgan fingerprint density at radius 2 is 2.24 bits per heavy atom. The molecule has 0 aliphatic rings. The normalized spacial score (nSPS) is 10.6. The number of nitrogens with one attached hydrogen (secondary N) is 1. The van der Waals surface area contributed by atoms with Gasteiger partial charge in [-0.2, -0.15) is 0 Å². The molecule has 2 rings (SSSR count). The lowest BCUT2D eigenvalue weighted by molar-refractivity contribution is -0.113. The summed E-state index contributed by atoms with van der Waals surface area (Å²) in [5, 5.41) is 12.0. The molecule has 0 aliphatic heterocycles. The van der Waals surface area contributed by atoms with Crippen LogP contribution >= 0.6 is 23.4 Å². The molecule has 2 aromatic heterocycles. The molecule has 8 heteroatoms. The molecule has 0 saturated carbocycles. The van der Waals surface area contributed by atoms with E-state index in [4.69, 9.17) is 11.6 Å². The molecule has 1 N–H and O–H groups in total. The second kappa shape index (κ2) is 7.42. The molecule has 0 spiro atoms. The molecule has 2 heterocycles. The third-order valence-electron chi connectivity index (χ3n) is 2.79. The summed E-state index contributed by atoms with van der Waals surface area (Å²) < 4.78 is 2.01. The van der Waals surface area contributed by atoms with E-state index in [-0.39, 0.29) is 16.8 Å². The zero-order chi connectivity index (χ0) is 15.2. The summed E-state index contributed by atoms with van der Waals surface area (Å²) in [6.07, 6.45) is 2.39. The lowest BCUT2D eigenvalue weighted by Crippen LogP contribution is -2.15. The van der Waals surface area contributed by atoms with Crippen LogP contribution in [0, 0.1) is 0 Å². The minimum Gasteiger partial charge on any atom is -0.323 e. The highest BCUT2D eigenvalue weighted by molar-refractivity contribution is 7.99. The van der Waals surface area contributed by atoms with E-state index >= 15 is 0 Å². The SMILES string of the molecule is CCc1nnc(SCC(=O)Nc2cccnc2Cl)n1CC. The molecule has 0 radical (unpaired) electrons. The van der Waals surface area contributed by atoms with Crippen LogP contribution in [0.1, 0.15) is 19.7 Å². The van der Waals surface area contributed by atoms with Crippen LogP contribution in [0.3, 0.4) is 0 Å². The molecule has 0 bridgehead atoms. The fourth-order valence-electron chi connectivity index (χ4n) is 1.80. The second-order valence-electron chi connectivity index (χ2n) is 4.18. The number of hydrogen-bond acceptors (Lipinski definition) is 5. The van der Waals surface area contributed by atoms with Crippen molar-refractivity contribution in [1.82, 2.24) is 19.7 Å². The van der Waals surface area contributed by atoms with Gasteiger partial charge in [0.05, 0.1) is 11.4 Å². The van der Waals surface area contributed by atoms with E-state index in [1.54, 1.807) is 18.3 Å². The predicted molar refractivity (Wildman–Crippen MR) is 83.7 cm³/mol. The molecule has 0 fully saturated rings. The van der Waals surface area contributed by atoms with E-state index in [9.17, 15) is 4.79 Å². The van der Waals surface area contributed by atoms with Crippen molar-refractivity contribution in [2.24, 2.45) is 0 Å². The van der Waals surface area contributed by atoms with Crippen molar-refractivity contribution < 1.29 is 4.79 Å². The van der Waals surface area contributed by atoms with Crippen LogP contribution in [-0.4, -0.2) is 31.4 Å². The van der Waals surface area contributed by atoms with Gasteiger partial charge in [-0.05, 0) is 19.1 Å². The number of hydrogen-bond donors (Lipinski definition) is 1. The lowest BCUT2D eigenvalue weighted by atomic mass is 10.4. The number of halogens is 1. The number of aromatic nitrogens is 4. The van der Waals surface area contributed by atoms with E-state index in [1.807, 2.05) is 18.4 Å². The summed E-state index contributed by atoms with van der Waals surface area (Å²) in [6.45, 7) is 4.85. The molecule has 0 aromatic carbocycles. The van der Waals surface area contributed by atoms with Crippen molar-refractivity contribution in [2.45, 2.75) is 32.0 Å². The highest BCUT2D eigenvalue weighted by atomic mass is 35.5. The van der Waals surface area contributed by atoms with Gasteiger partial charge in [-0.1, -0.05) is 30.3 Å². The third-order valence-corrected chi connectivity index (χ3v) is 4.06. The minimum atomic E-state index is -0.154. The summed E-state index contributed by atoms with van der Waals surface area (Å²) in [5.41, 5.74) is 0.510. The van der Waals surface area contributed by atoms with E-state index in [0.29, 0.717) is 5.69 Å². The van der Waals surface area contributed by atoms with Crippen LogP contribution in [0.2, 0.25) is 5.15 Å². The first-order valence-electron chi connectivity index (χ1n) is 6.61. The molecule has 112 valence electrons. The summed E-state index contributed by atoms with van der Waals surface area (Å²) in [4.78, 5) is 15.8. The van der Waals surface area contributed by atoms with Crippen molar-refractivity contribution in [3.63, 3.8) is 0 Å². The van der Waals surface area contributed by atoms with E-state index in [1.165, 1.54) is 11.8 Å². The van der Waals surface area contributed by atoms with Gasteiger partial charge < -0.3 is 9.88 Å². The number of thioether (sulfide) groups is 1. The Bertz CT molecular complexity index is 631. The molecule has 21 heavy (non-hydrogen) atoms. The smallest absolute Gasteiger partial charge is 0.234 e. The first-order valence-corrected chi connectivity index (χ1v) is 7.97. The number of nitrogens with zero attached hydrogens (tertiary/aromatic N) is 4. The van der Waals surface area contributed by atoms with Crippen LogP contribution in [0.4, 0.5) is 5.69 Å². The standard InChI is InChI=1S/C13H16ClN5OS/c1-3-10-17-18-13(19(10)4-2)21-8-11(20)16-9-6-5-7-15-12(9)14/h5-7H,3-4,8H2,1-2H3,(H,16,20). The number of rotatable bonds is 6. The Balaban J connectivity index is 1.95. The van der Waals surface area contributed by atoms with Crippen LogP contribution < -0.4 is 5.32 Å². The average molecular weight is 326 g/mol. The summed E-state index contributed by atoms with van der Waals surface area (Å²) in [7, 11) is 0. The van der Waals surface area contributed by atoms with Gasteiger partial charge in [0, 0.05) is 19.2 Å². The first-order chi connectivity index (χ1) is 10.2. The number of carbonyl (C=O) groups is 1. The van der Waals surface area contributed by atoms with Crippen molar-refractivity contribution in [3.05, 3.63) is 29.3 Å². The van der Waals surface area contributed by atoms with Gasteiger partial charge in [-0.3, -0.25) is 4.79 Å². The Morgan fingerprint density at radius 1 is 1.43 bits per heavy atom. The fraction of sp³-hybridized carbons (Fsp3) is 0.385. The quantitative estimate of drug-likeness (QED) is 0.653. The monoisotopic (exact) mass is 325 g/mol. The first kappa shape index (κ1) is 15.8. The summed E-state index contributed by atoms with van der Waals surface area (Å²) in [6, 6.07) is 3.43. The Labute approximate surface area is 132 Å². The van der Waals surface area contributed by atoms with Gasteiger partial charge in [0.2, 0.25) is 5.91 Å². The van der Waals surface area contributed by atoms with Gasteiger partial charge in [0.25, 0.3) is 0 Å². The highest BCUT2D eigenvalue weighted by Gasteiger charge is 2.12. The molecular weight excluding hydrogens is 310 g/mol. The van der Waals surface area contributed by atoms with Crippen LogP contribution in [-0.2, 0) is 17.8 Å².